The number of nitrogens with one attached hydrogen (secondary N) is 1. The van der Waals surface area contributed by atoms with Crippen LogP contribution in [0.2, 0.25) is 0 Å². The van der Waals surface area contributed by atoms with Gasteiger partial charge in [0.05, 0.1) is 5.69 Å². The number of fused-ring (bicyclic) bond motifs is 1. The summed E-state index contributed by atoms with van der Waals surface area (Å²) in [7, 11) is 0. The third-order valence-electron chi connectivity index (χ3n) is 4.02. The molecule has 0 atom stereocenters. The van der Waals surface area contributed by atoms with Gasteiger partial charge < -0.3 is 10.2 Å². The van der Waals surface area contributed by atoms with Gasteiger partial charge in [0.15, 0.2) is 0 Å². The van der Waals surface area contributed by atoms with E-state index >= 15 is 0 Å². The van der Waals surface area contributed by atoms with Crippen molar-refractivity contribution in [2.24, 2.45) is 0 Å². The maximum absolute atomic E-state index is 4.81. The van der Waals surface area contributed by atoms with Crippen molar-refractivity contribution >= 4 is 5.95 Å². The summed E-state index contributed by atoms with van der Waals surface area (Å²) in [5.41, 5.74) is 3.74. The van der Waals surface area contributed by atoms with E-state index in [9.17, 15) is 0 Å². The second kappa shape index (κ2) is 5.22. The zero-order valence-corrected chi connectivity index (χ0v) is 11.2. The van der Waals surface area contributed by atoms with Gasteiger partial charge in [0, 0.05) is 43.9 Å². The van der Waals surface area contributed by atoms with Gasteiger partial charge in [-0.15, -0.1) is 0 Å². The number of rotatable bonds is 1. The van der Waals surface area contributed by atoms with E-state index in [0.717, 1.165) is 44.2 Å². The quantitative estimate of drug-likeness (QED) is 0.820. The molecule has 0 saturated carbocycles. The zero-order chi connectivity index (χ0) is 12.4. The first-order chi connectivity index (χ1) is 8.84. The van der Waals surface area contributed by atoms with E-state index < -0.39 is 0 Å². The average molecular weight is 246 g/mol. The Balaban J connectivity index is 1.89. The van der Waals surface area contributed by atoms with Crippen molar-refractivity contribution in [3.63, 3.8) is 0 Å². The molecule has 2 aliphatic rings. The summed E-state index contributed by atoms with van der Waals surface area (Å²) < 4.78 is 0. The molecular formula is C14H22N4. The fourth-order valence-electron chi connectivity index (χ4n) is 2.91. The summed E-state index contributed by atoms with van der Waals surface area (Å²) >= 11 is 0. The fraction of sp³-hybridized carbons (Fsp3) is 0.714. The molecule has 4 heteroatoms. The second-order valence-electron chi connectivity index (χ2n) is 5.36. The average Bonchev–Trinajstić information content (AvgIpc) is 2.67. The minimum Gasteiger partial charge on any atom is -0.341 e. The molecule has 3 rings (SSSR count). The number of aromatic nitrogens is 2. The Hall–Kier alpha value is -1.16. The minimum atomic E-state index is 0.932. The Bertz CT molecular complexity index is 422. The highest BCUT2D eigenvalue weighted by Gasteiger charge is 2.18. The van der Waals surface area contributed by atoms with Gasteiger partial charge in [0.2, 0.25) is 5.95 Å². The highest BCUT2D eigenvalue weighted by Crippen LogP contribution is 2.21. The van der Waals surface area contributed by atoms with Crippen LogP contribution in [0.4, 0.5) is 5.95 Å². The van der Waals surface area contributed by atoms with Gasteiger partial charge in [0.1, 0.15) is 0 Å². The fourth-order valence-corrected chi connectivity index (χ4v) is 2.91. The lowest BCUT2D eigenvalue weighted by atomic mass is 10.1. The molecule has 2 aliphatic heterocycles. The topological polar surface area (TPSA) is 41.1 Å². The highest BCUT2D eigenvalue weighted by molar-refractivity contribution is 5.38. The van der Waals surface area contributed by atoms with Crippen molar-refractivity contribution in [1.82, 2.24) is 15.3 Å². The largest absolute Gasteiger partial charge is 0.341 e. The second-order valence-corrected chi connectivity index (χ2v) is 5.36. The first kappa shape index (κ1) is 11.9. The molecule has 0 amide bonds. The number of anilines is 1. The van der Waals surface area contributed by atoms with Crippen molar-refractivity contribution in [2.75, 3.05) is 24.5 Å². The van der Waals surface area contributed by atoms with Crippen LogP contribution in [0.25, 0.3) is 0 Å². The normalized spacial score (nSPS) is 20.4. The molecule has 3 heterocycles. The van der Waals surface area contributed by atoms with E-state index in [2.05, 4.69) is 17.1 Å². The molecule has 1 aromatic heterocycles. The maximum Gasteiger partial charge on any atom is 0.225 e. The van der Waals surface area contributed by atoms with Crippen molar-refractivity contribution in [3.05, 3.63) is 17.0 Å². The lowest BCUT2D eigenvalue weighted by molar-refractivity contribution is 0.616. The Morgan fingerprint density at radius 2 is 1.83 bits per heavy atom. The minimum absolute atomic E-state index is 0.932. The van der Waals surface area contributed by atoms with Crippen LogP contribution in [0.3, 0.4) is 0 Å². The molecule has 1 N–H and O–H groups in total. The molecule has 0 radical (unpaired) electrons. The molecule has 18 heavy (non-hydrogen) atoms. The molecule has 0 bridgehead atoms. The van der Waals surface area contributed by atoms with Crippen LogP contribution in [0.1, 0.15) is 42.6 Å². The number of hydrogen-bond acceptors (Lipinski definition) is 4. The third kappa shape index (κ3) is 2.34. The molecule has 0 aromatic carbocycles. The summed E-state index contributed by atoms with van der Waals surface area (Å²) in [4.78, 5) is 11.9. The lowest BCUT2D eigenvalue weighted by Crippen LogP contribution is -2.30. The Morgan fingerprint density at radius 1 is 1.06 bits per heavy atom. The van der Waals surface area contributed by atoms with Crippen LogP contribution in [0, 0.1) is 6.92 Å². The molecule has 1 fully saturated rings. The first-order valence-corrected chi connectivity index (χ1v) is 7.16. The molecular weight excluding hydrogens is 224 g/mol. The molecule has 0 spiro atoms. The van der Waals surface area contributed by atoms with Crippen LogP contribution in [-0.2, 0) is 13.0 Å². The van der Waals surface area contributed by atoms with Crippen molar-refractivity contribution in [1.29, 1.82) is 0 Å². The Morgan fingerprint density at radius 3 is 2.61 bits per heavy atom. The molecule has 1 saturated heterocycles. The van der Waals surface area contributed by atoms with Gasteiger partial charge in [-0.25, -0.2) is 9.97 Å². The van der Waals surface area contributed by atoms with Gasteiger partial charge in [-0.1, -0.05) is 12.8 Å². The predicted molar refractivity (Wildman–Crippen MR) is 72.9 cm³/mol. The van der Waals surface area contributed by atoms with E-state index in [4.69, 9.17) is 9.97 Å². The Labute approximate surface area is 109 Å². The lowest BCUT2D eigenvalue weighted by Gasteiger charge is -2.24. The monoisotopic (exact) mass is 246 g/mol. The first-order valence-electron chi connectivity index (χ1n) is 7.16. The summed E-state index contributed by atoms with van der Waals surface area (Å²) in [6, 6.07) is 0. The smallest absolute Gasteiger partial charge is 0.225 e. The van der Waals surface area contributed by atoms with Crippen LogP contribution >= 0.6 is 0 Å². The van der Waals surface area contributed by atoms with E-state index in [1.165, 1.54) is 36.9 Å². The van der Waals surface area contributed by atoms with E-state index in [1.807, 2.05) is 0 Å². The van der Waals surface area contributed by atoms with Gasteiger partial charge >= 0.3 is 0 Å². The van der Waals surface area contributed by atoms with E-state index in [-0.39, 0.29) is 0 Å². The molecule has 4 nitrogen and oxygen atoms in total. The van der Waals surface area contributed by atoms with Crippen molar-refractivity contribution in [2.45, 2.75) is 45.6 Å². The van der Waals surface area contributed by atoms with Gasteiger partial charge in [-0.2, -0.15) is 0 Å². The highest BCUT2D eigenvalue weighted by atomic mass is 15.3. The van der Waals surface area contributed by atoms with Crippen LogP contribution in [0.15, 0.2) is 0 Å². The van der Waals surface area contributed by atoms with Crippen molar-refractivity contribution < 1.29 is 0 Å². The van der Waals surface area contributed by atoms with E-state index in [0.29, 0.717) is 0 Å². The van der Waals surface area contributed by atoms with Crippen LogP contribution in [0.5, 0.6) is 0 Å². The molecule has 98 valence electrons. The predicted octanol–water partition coefficient (Wildman–Crippen LogP) is 1.81. The van der Waals surface area contributed by atoms with Crippen LogP contribution < -0.4 is 10.2 Å². The molecule has 1 aromatic rings. The van der Waals surface area contributed by atoms with Crippen LogP contribution in [-0.4, -0.2) is 29.6 Å². The molecule has 0 unspecified atom stereocenters. The standard InChI is InChI=1S/C14H22N4/c1-11-12-10-15-7-6-13(12)17-14(16-11)18-8-4-2-3-5-9-18/h15H,2-10H2,1H3. The SMILES string of the molecule is Cc1nc(N2CCCCCC2)nc2c1CNCC2. The number of nitrogens with zero attached hydrogens (tertiary/aromatic N) is 3. The van der Waals surface area contributed by atoms with Gasteiger partial charge in [-0.05, 0) is 19.8 Å². The summed E-state index contributed by atoms with van der Waals surface area (Å²) in [5.74, 6) is 0.968. The van der Waals surface area contributed by atoms with Gasteiger partial charge in [0.25, 0.3) is 0 Å². The summed E-state index contributed by atoms with van der Waals surface area (Å²) in [6.07, 6.45) is 6.30. The number of aryl methyl sites for hydroxylation is 1. The summed E-state index contributed by atoms with van der Waals surface area (Å²) in [6.45, 7) is 6.34. The van der Waals surface area contributed by atoms with Crippen molar-refractivity contribution in [3.8, 4) is 0 Å². The van der Waals surface area contributed by atoms with E-state index in [1.54, 1.807) is 0 Å². The third-order valence-corrected chi connectivity index (χ3v) is 4.02. The maximum atomic E-state index is 4.81. The number of hydrogen-bond donors (Lipinski definition) is 1. The molecule has 0 aliphatic carbocycles. The zero-order valence-electron chi connectivity index (χ0n) is 11.2. The Kier molecular flexibility index (Phi) is 3.46. The van der Waals surface area contributed by atoms with Gasteiger partial charge in [-0.3, -0.25) is 0 Å². The summed E-state index contributed by atoms with van der Waals surface area (Å²) in [5, 5.41) is 3.40.